The maximum atomic E-state index is 13.1. The molecule has 6 rings (SSSR count). The molecule has 120 valence electrons. The van der Waals surface area contributed by atoms with Crippen LogP contribution in [-0.2, 0) is 9.53 Å². The number of allylic oxidation sites excluding steroid dienone is 1. The molecule has 0 spiro atoms. The van der Waals surface area contributed by atoms with Crippen LogP contribution >= 0.6 is 0 Å². The van der Waals surface area contributed by atoms with Crippen LogP contribution in [-0.4, -0.2) is 11.6 Å². The third-order valence-electron chi connectivity index (χ3n) is 8.04. The Morgan fingerprint density at radius 1 is 1.14 bits per heavy atom. The number of esters is 1. The molecule has 0 aliphatic heterocycles. The van der Waals surface area contributed by atoms with Gasteiger partial charge in [-0.05, 0) is 87.4 Å². The van der Waals surface area contributed by atoms with Gasteiger partial charge >= 0.3 is 5.97 Å². The molecule has 0 saturated heterocycles. The van der Waals surface area contributed by atoms with Gasteiger partial charge in [0, 0.05) is 0 Å². The third-order valence-corrected chi connectivity index (χ3v) is 8.04. The van der Waals surface area contributed by atoms with Gasteiger partial charge in [-0.3, -0.25) is 4.79 Å². The number of hydrogen-bond donors (Lipinski definition) is 0. The van der Waals surface area contributed by atoms with E-state index in [1.807, 2.05) is 0 Å². The smallest absolute Gasteiger partial charge is 0.316 e. The van der Waals surface area contributed by atoms with Crippen molar-refractivity contribution < 1.29 is 9.53 Å². The van der Waals surface area contributed by atoms with E-state index in [9.17, 15) is 4.79 Å². The van der Waals surface area contributed by atoms with Crippen molar-refractivity contribution in [2.24, 2.45) is 35.0 Å². The topological polar surface area (TPSA) is 26.3 Å². The predicted octanol–water partition coefficient (Wildman–Crippen LogP) is 4.49. The minimum atomic E-state index is -0.249. The summed E-state index contributed by atoms with van der Waals surface area (Å²) in [4.78, 5) is 13.1. The number of carbonyl (C=O) groups excluding carboxylic acids is 1. The summed E-state index contributed by atoms with van der Waals surface area (Å²) in [5, 5.41) is 0. The van der Waals surface area contributed by atoms with Crippen LogP contribution < -0.4 is 0 Å². The summed E-state index contributed by atoms with van der Waals surface area (Å²) in [5.74, 6) is 3.93. The number of hydrogen-bond acceptors (Lipinski definition) is 2. The molecule has 2 heteroatoms. The van der Waals surface area contributed by atoms with E-state index in [4.69, 9.17) is 4.74 Å². The molecule has 0 aromatic heterocycles. The second kappa shape index (κ2) is 4.39. The van der Waals surface area contributed by atoms with Crippen LogP contribution in [0.4, 0.5) is 0 Å². The van der Waals surface area contributed by atoms with Gasteiger partial charge in [0.15, 0.2) is 0 Å². The van der Waals surface area contributed by atoms with Crippen LogP contribution in [0.1, 0.15) is 64.7 Å². The van der Waals surface area contributed by atoms with Crippen LogP contribution in [0.2, 0.25) is 0 Å². The first-order valence-electron chi connectivity index (χ1n) is 9.56. The van der Waals surface area contributed by atoms with Gasteiger partial charge in [0.25, 0.3) is 0 Å². The van der Waals surface area contributed by atoms with Gasteiger partial charge in [0.2, 0.25) is 0 Å². The highest BCUT2D eigenvalue weighted by molar-refractivity contribution is 5.81. The highest BCUT2D eigenvalue weighted by Gasteiger charge is 2.60. The summed E-state index contributed by atoms with van der Waals surface area (Å²) >= 11 is 0. The molecule has 2 atom stereocenters. The first-order chi connectivity index (χ1) is 10.6. The molecule has 6 bridgehead atoms. The van der Waals surface area contributed by atoms with Crippen molar-refractivity contribution >= 4 is 5.97 Å². The molecule has 2 unspecified atom stereocenters. The van der Waals surface area contributed by atoms with Crippen LogP contribution in [0, 0.1) is 35.0 Å². The van der Waals surface area contributed by atoms with E-state index in [1.54, 1.807) is 0 Å². The molecule has 0 heterocycles. The number of fused-ring (bicyclic) bond motifs is 2. The van der Waals surface area contributed by atoms with Crippen LogP contribution in [0.25, 0.3) is 0 Å². The van der Waals surface area contributed by atoms with E-state index in [2.05, 4.69) is 19.1 Å². The summed E-state index contributed by atoms with van der Waals surface area (Å²) in [7, 11) is 0. The van der Waals surface area contributed by atoms with Gasteiger partial charge in [0.1, 0.15) is 5.60 Å². The Morgan fingerprint density at radius 3 is 2.27 bits per heavy atom. The van der Waals surface area contributed by atoms with Gasteiger partial charge in [-0.2, -0.15) is 0 Å². The van der Waals surface area contributed by atoms with E-state index in [0.29, 0.717) is 17.8 Å². The maximum absolute atomic E-state index is 13.1. The Bertz CT molecular complexity index is 506. The van der Waals surface area contributed by atoms with E-state index < -0.39 is 0 Å². The first kappa shape index (κ1) is 13.6. The zero-order chi connectivity index (χ0) is 14.9. The van der Waals surface area contributed by atoms with Crippen molar-refractivity contribution in [3.8, 4) is 0 Å². The molecule has 2 nitrogen and oxygen atoms in total. The molecule has 5 fully saturated rings. The largest absolute Gasteiger partial charge is 0.458 e. The van der Waals surface area contributed by atoms with E-state index in [1.165, 1.54) is 38.5 Å². The highest BCUT2D eigenvalue weighted by Crippen LogP contribution is 2.61. The summed E-state index contributed by atoms with van der Waals surface area (Å²) in [6.07, 6.45) is 15.4. The molecule has 6 aliphatic carbocycles. The fraction of sp³-hybridized carbons (Fsp3) is 0.850. The quantitative estimate of drug-likeness (QED) is 0.567. The summed E-state index contributed by atoms with van der Waals surface area (Å²) in [6, 6.07) is 0. The van der Waals surface area contributed by atoms with Crippen molar-refractivity contribution in [3.63, 3.8) is 0 Å². The Hall–Kier alpha value is -0.790. The molecule has 0 aromatic carbocycles. The standard InChI is InChI=1S/C20H28O2/c1-2-20(16-8-14-7-15(10-16)11-17(20)9-14)22-18(21)19-5-3-13(12-19)4-6-19/h3,5,13-17H,2,4,6-12H2,1H3. The average molecular weight is 300 g/mol. The lowest BCUT2D eigenvalue weighted by atomic mass is 9.49. The average Bonchev–Trinajstić information content (AvgIpc) is 3.12. The Balaban J connectivity index is 1.43. The molecule has 0 amide bonds. The van der Waals surface area contributed by atoms with E-state index in [-0.39, 0.29) is 17.0 Å². The highest BCUT2D eigenvalue weighted by atomic mass is 16.6. The summed E-state index contributed by atoms with van der Waals surface area (Å²) in [5.41, 5.74) is -0.366. The Labute approximate surface area is 133 Å². The fourth-order valence-corrected chi connectivity index (χ4v) is 7.08. The van der Waals surface area contributed by atoms with Crippen molar-refractivity contribution in [1.82, 2.24) is 0 Å². The fourth-order valence-electron chi connectivity index (χ4n) is 7.08. The van der Waals surface area contributed by atoms with Crippen LogP contribution in [0.3, 0.4) is 0 Å². The zero-order valence-electron chi connectivity index (χ0n) is 13.7. The molecule has 0 aromatic rings. The van der Waals surface area contributed by atoms with E-state index in [0.717, 1.165) is 31.1 Å². The molecule has 0 N–H and O–H groups in total. The molecule has 5 saturated carbocycles. The van der Waals surface area contributed by atoms with Crippen LogP contribution in [0.15, 0.2) is 12.2 Å². The van der Waals surface area contributed by atoms with Crippen molar-refractivity contribution in [1.29, 1.82) is 0 Å². The molecule has 22 heavy (non-hydrogen) atoms. The molecular weight excluding hydrogens is 272 g/mol. The number of ether oxygens (including phenoxy) is 1. The van der Waals surface area contributed by atoms with Crippen molar-refractivity contribution in [3.05, 3.63) is 12.2 Å². The van der Waals surface area contributed by atoms with Crippen molar-refractivity contribution in [2.75, 3.05) is 0 Å². The maximum Gasteiger partial charge on any atom is 0.316 e. The minimum absolute atomic E-state index is 0.117. The minimum Gasteiger partial charge on any atom is -0.458 e. The zero-order valence-corrected chi connectivity index (χ0v) is 13.7. The second-order valence-corrected chi connectivity index (χ2v) is 9.02. The van der Waals surface area contributed by atoms with Gasteiger partial charge in [0.05, 0.1) is 5.41 Å². The predicted molar refractivity (Wildman–Crippen MR) is 85.1 cm³/mol. The summed E-state index contributed by atoms with van der Waals surface area (Å²) in [6.45, 7) is 2.26. The van der Waals surface area contributed by atoms with E-state index >= 15 is 0 Å². The van der Waals surface area contributed by atoms with Gasteiger partial charge < -0.3 is 4.74 Å². The molecule has 6 aliphatic rings. The lowest BCUT2D eigenvalue weighted by Crippen LogP contribution is -2.60. The Morgan fingerprint density at radius 2 is 1.82 bits per heavy atom. The number of carbonyl (C=O) groups is 1. The van der Waals surface area contributed by atoms with Gasteiger partial charge in [-0.15, -0.1) is 0 Å². The molecule has 0 radical (unpaired) electrons. The third kappa shape index (κ3) is 1.65. The normalized spacial score (nSPS) is 54.1. The summed E-state index contributed by atoms with van der Waals surface area (Å²) < 4.78 is 6.48. The van der Waals surface area contributed by atoms with Gasteiger partial charge in [-0.1, -0.05) is 19.1 Å². The van der Waals surface area contributed by atoms with Crippen molar-refractivity contribution in [2.45, 2.75) is 70.3 Å². The monoisotopic (exact) mass is 300 g/mol. The lowest BCUT2D eigenvalue weighted by molar-refractivity contribution is -0.217. The first-order valence-corrected chi connectivity index (χ1v) is 9.56. The SMILES string of the molecule is CCC1(OC(=O)C23C=CC(CC2)C3)C2CC3CC(C2)CC1C3. The number of rotatable bonds is 3. The Kier molecular flexibility index (Phi) is 2.72. The molecular formula is C20H28O2. The second-order valence-electron chi connectivity index (χ2n) is 9.02. The lowest BCUT2D eigenvalue weighted by Gasteiger charge is -2.60. The van der Waals surface area contributed by atoms with Crippen LogP contribution in [0.5, 0.6) is 0 Å². The van der Waals surface area contributed by atoms with Gasteiger partial charge in [-0.25, -0.2) is 0 Å².